The Bertz CT molecular complexity index is 417. The van der Waals surface area contributed by atoms with Gasteiger partial charge in [-0.1, -0.05) is 13.0 Å². The van der Waals surface area contributed by atoms with Crippen LogP contribution in [0.25, 0.3) is 0 Å². The van der Waals surface area contributed by atoms with E-state index in [1.54, 1.807) is 7.11 Å². The van der Waals surface area contributed by atoms with Crippen LogP contribution in [0, 0.1) is 11.6 Å². The van der Waals surface area contributed by atoms with E-state index < -0.39 is 23.0 Å². The highest BCUT2D eigenvalue weighted by atomic mass is 19.1. The van der Waals surface area contributed by atoms with Gasteiger partial charge in [0.05, 0.1) is 18.7 Å². The quantitative estimate of drug-likeness (QED) is 0.714. The molecule has 0 heterocycles. The minimum absolute atomic E-state index is 0.00813. The maximum atomic E-state index is 13.5. The van der Waals surface area contributed by atoms with E-state index in [2.05, 4.69) is 0 Å². The predicted molar refractivity (Wildman–Crippen MR) is 69.3 cm³/mol. The van der Waals surface area contributed by atoms with Gasteiger partial charge >= 0.3 is 0 Å². The molecule has 0 amide bonds. The molecule has 0 radical (unpaired) electrons. The van der Waals surface area contributed by atoms with Crippen molar-refractivity contribution in [1.29, 1.82) is 0 Å². The fourth-order valence-electron chi connectivity index (χ4n) is 1.95. The highest BCUT2D eigenvalue weighted by Gasteiger charge is 2.21. The summed E-state index contributed by atoms with van der Waals surface area (Å²) in [6, 6.07) is 3.43. The molecule has 1 rings (SSSR count). The van der Waals surface area contributed by atoms with E-state index in [1.807, 2.05) is 18.7 Å². The molecule has 3 nitrogen and oxygen atoms in total. The Balaban J connectivity index is 2.83. The molecule has 0 spiro atoms. The second kappa shape index (κ2) is 7.31. The number of nitrogens with zero attached hydrogens (tertiary/aromatic N) is 1. The molecule has 1 unspecified atom stereocenters. The summed E-state index contributed by atoms with van der Waals surface area (Å²) in [5.41, 5.74) is -0.467. The first-order valence-corrected chi connectivity index (χ1v) is 6.21. The van der Waals surface area contributed by atoms with E-state index in [0.717, 1.165) is 12.1 Å². The normalized spacial score (nSPS) is 12.7. The number of halogens is 2. The van der Waals surface area contributed by atoms with E-state index in [4.69, 9.17) is 4.74 Å². The van der Waals surface area contributed by atoms with Crippen molar-refractivity contribution in [2.45, 2.75) is 19.9 Å². The third-order valence-electron chi connectivity index (χ3n) is 3.03. The molecule has 0 aliphatic carbocycles. The molecule has 0 aliphatic heterocycles. The largest absolute Gasteiger partial charge is 0.383 e. The zero-order valence-corrected chi connectivity index (χ0v) is 11.5. The van der Waals surface area contributed by atoms with Gasteiger partial charge in [-0.3, -0.25) is 9.69 Å². The monoisotopic (exact) mass is 271 g/mol. The molecule has 0 N–H and O–H groups in total. The fraction of sp³-hybridized carbons (Fsp3) is 0.500. The van der Waals surface area contributed by atoms with Crippen LogP contribution >= 0.6 is 0 Å². The Kier molecular flexibility index (Phi) is 6.05. The van der Waals surface area contributed by atoms with Crippen molar-refractivity contribution in [2.24, 2.45) is 0 Å². The second-order valence-electron chi connectivity index (χ2n) is 4.39. The van der Waals surface area contributed by atoms with Crippen LogP contribution in [-0.2, 0) is 4.74 Å². The Morgan fingerprint density at radius 3 is 2.42 bits per heavy atom. The Labute approximate surface area is 112 Å². The smallest absolute Gasteiger partial charge is 0.182 e. The lowest BCUT2D eigenvalue weighted by atomic mass is 10.1. The van der Waals surface area contributed by atoms with Crippen LogP contribution in [0.1, 0.15) is 24.2 Å². The van der Waals surface area contributed by atoms with Crippen molar-refractivity contribution >= 4 is 5.78 Å². The number of hydrogen-bond donors (Lipinski definition) is 0. The molecule has 106 valence electrons. The van der Waals surface area contributed by atoms with Crippen LogP contribution in [0.2, 0.25) is 0 Å². The van der Waals surface area contributed by atoms with Gasteiger partial charge in [0.15, 0.2) is 5.78 Å². The number of carbonyl (C=O) groups is 1. The maximum Gasteiger partial charge on any atom is 0.182 e. The lowest BCUT2D eigenvalue weighted by Crippen LogP contribution is -2.40. The minimum atomic E-state index is -0.819. The highest BCUT2D eigenvalue weighted by molar-refractivity contribution is 5.98. The number of likely N-dealkylation sites (N-methyl/N-ethyl adjacent to an activating group) is 1. The summed E-state index contributed by atoms with van der Waals surface area (Å²) in [6.45, 7) is 4.82. The van der Waals surface area contributed by atoms with E-state index in [0.29, 0.717) is 13.2 Å². The summed E-state index contributed by atoms with van der Waals surface area (Å²) in [6.07, 6.45) is 0. The number of hydrogen-bond acceptors (Lipinski definition) is 3. The van der Waals surface area contributed by atoms with Gasteiger partial charge in [0.25, 0.3) is 0 Å². The Hall–Kier alpha value is -1.33. The van der Waals surface area contributed by atoms with Crippen LogP contribution in [0.15, 0.2) is 18.2 Å². The molecule has 1 aromatic rings. The van der Waals surface area contributed by atoms with E-state index in [9.17, 15) is 13.6 Å². The van der Waals surface area contributed by atoms with Gasteiger partial charge in [0.1, 0.15) is 11.6 Å². The molecule has 0 aliphatic rings. The first-order chi connectivity index (χ1) is 9.01. The SMILES string of the molecule is CCN(CC(=O)c1c(F)cccc1F)C(C)COC. The summed E-state index contributed by atoms with van der Waals surface area (Å²) in [7, 11) is 1.57. The van der Waals surface area contributed by atoms with Gasteiger partial charge in [-0.15, -0.1) is 0 Å². The van der Waals surface area contributed by atoms with Crippen molar-refractivity contribution in [2.75, 3.05) is 26.8 Å². The number of methoxy groups -OCH3 is 1. The van der Waals surface area contributed by atoms with Crippen molar-refractivity contribution in [3.8, 4) is 0 Å². The lowest BCUT2D eigenvalue weighted by Gasteiger charge is -2.26. The van der Waals surface area contributed by atoms with Crippen molar-refractivity contribution < 1.29 is 18.3 Å². The van der Waals surface area contributed by atoms with E-state index in [1.165, 1.54) is 6.07 Å². The third kappa shape index (κ3) is 4.08. The van der Waals surface area contributed by atoms with Crippen LogP contribution in [0.5, 0.6) is 0 Å². The lowest BCUT2D eigenvalue weighted by molar-refractivity contribution is 0.0781. The van der Waals surface area contributed by atoms with Crippen molar-refractivity contribution in [3.63, 3.8) is 0 Å². The number of carbonyl (C=O) groups excluding carboxylic acids is 1. The summed E-state index contributed by atoms with van der Waals surface area (Å²) < 4.78 is 32.0. The van der Waals surface area contributed by atoms with Gasteiger partial charge < -0.3 is 4.74 Å². The number of rotatable bonds is 7. The average Bonchev–Trinajstić information content (AvgIpc) is 2.35. The molecular formula is C14H19F2NO2. The molecule has 0 bridgehead atoms. The van der Waals surface area contributed by atoms with Crippen LogP contribution in [-0.4, -0.2) is 43.5 Å². The van der Waals surface area contributed by atoms with Gasteiger partial charge in [0, 0.05) is 13.2 Å². The van der Waals surface area contributed by atoms with Crippen molar-refractivity contribution in [3.05, 3.63) is 35.4 Å². The summed E-state index contributed by atoms with van der Waals surface area (Å²) in [4.78, 5) is 13.8. The van der Waals surface area contributed by atoms with Crippen LogP contribution in [0.3, 0.4) is 0 Å². The first kappa shape index (κ1) is 15.7. The number of Topliss-reactive ketones (excluding diaryl/α,β-unsaturated/α-hetero) is 1. The maximum absolute atomic E-state index is 13.5. The van der Waals surface area contributed by atoms with Crippen LogP contribution in [0.4, 0.5) is 8.78 Å². The van der Waals surface area contributed by atoms with Gasteiger partial charge in [-0.05, 0) is 25.6 Å². The zero-order chi connectivity index (χ0) is 14.4. The number of ether oxygens (including phenoxy) is 1. The van der Waals surface area contributed by atoms with Crippen molar-refractivity contribution in [1.82, 2.24) is 4.90 Å². The zero-order valence-electron chi connectivity index (χ0n) is 11.5. The number of ketones is 1. The Morgan fingerprint density at radius 1 is 1.37 bits per heavy atom. The molecule has 1 atom stereocenters. The molecule has 1 aromatic carbocycles. The molecule has 0 saturated carbocycles. The van der Waals surface area contributed by atoms with Crippen LogP contribution < -0.4 is 0 Å². The molecular weight excluding hydrogens is 252 g/mol. The Morgan fingerprint density at radius 2 is 1.95 bits per heavy atom. The van der Waals surface area contributed by atoms with Gasteiger partial charge in [-0.2, -0.15) is 0 Å². The summed E-state index contributed by atoms with van der Waals surface area (Å²) in [5, 5.41) is 0. The molecule has 0 saturated heterocycles. The standard InChI is InChI=1S/C14H19F2NO2/c1-4-17(10(2)9-19-3)8-13(18)14-11(15)6-5-7-12(14)16/h5-7,10H,4,8-9H2,1-3H3. The number of benzene rings is 1. The van der Waals surface area contributed by atoms with E-state index >= 15 is 0 Å². The van der Waals surface area contributed by atoms with Gasteiger partial charge in [-0.25, -0.2) is 8.78 Å². The molecule has 0 fully saturated rings. The topological polar surface area (TPSA) is 29.5 Å². The third-order valence-corrected chi connectivity index (χ3v) is 3.03. The predicted octanol–water partition coefficient (Wildman–Crippen LogP) is 2.50. The minimum Gasteiger partial charge on any atom is -0.383 e. The van der Waals surface area contributed by atoms with Gasteiger partial charge in [0.2, 0.25) is 0 Å². The summed E-state index contributed by atoms with van der Waals surface area (Å²) >= 11 is 0. The van der Waals surface area contributed by atoms with E-state index in [-0.39, 0.29) is 12.6 Å². The molecule has 19 heavy (non-hydrogen) atoms. The summed E-state index contributed by atoms with van der Waals surface area (Å²) in [5.74, 6) is -2.19. The molecule has 5 heteroatoms. The average molecular weight is 271 g/mol. The second-order valence-corrected chi connectivity index (χ2v) is 4.39. The first-order valence-electron chi connectivity index (χ1n) is 6.21. The fourth-order valence-corrected chi connectivity index (χ4v) is 1.95. The highest BCUT2D eigenvalue weighted by Crippen LogP contribution is 2.14. The molecule has 0 aromatic heterocycles.